The highest BCUT2D eigenvalue weighted by molar-refractivity contribution is 6.04. The van der Waals surface area contributed by atoms with E-state index in [1.54, 1.807) is 39.9 Å². The van der Waals surface area contributed by atoms with Crippen LogP contribution in [0.5, 0.6) is 0 Å². The number of likely N-dealkylation sites (tertiary alicyclic amines) is 1. The average molecular weight is 513 g/mol. The van der Waals surface area contributed by atoms with Gasteiger partial charge in [-0.25, -0.2) is 24.2 Å². The van der Waals surface area contributed by atoms with E-state index in [0.29, 0.717) is 25.3 Å². The summed E-state index contributed by atoms with van der Waals surface area (Å²) in [6.45, 7) is 6.48. The predicted molar refractivity (Wildman–Crippen MR) is 142 cm³/mol. The monoisotopic (exact) mass is 512 g/mol. The van der Waals surface area contributed by atoms with Crippen molar-refractivity contribution in [3.05, 3.63) is 65.9 Å². The van der Waals surface area contributed by atoms with Gasteiger partial charge in [0.25, 0.3) is 0 Å². The van der Waals surface area contributed by atoms with Crippen molar-refractivity contribution in [2.45, 2.75) is 38.8 Å². The van der Waals surface area contributed by atoms with Crippen LogP contribution in [0, 0.1) is 0 Å². The molecule has 1 fully saturated rings. The van der Waals surface area contributed by atoms with E-state index in [-0.39, 0.29) is 17.8 Å². The maximum absolute atomic E-state index is 13.5. The van der Waals surface area contributed by atoms with Crippen LogP contribution >= 0.6 is 0 Å². The van der Waals surface area contributed by atoms with Gasteiger partial charge in [0, 0.05) is 37.3 Å². The normalized spacial score (nSPS) is 16.0. The largest absolute Gasteiger partial charge is 0.444 e. The average Bonchev–Trinajstić information content (AvgIpc) is 3.64. The van der Waals surface area contributed by atoms with Gasteiger partial charge in [0.1, 0.15) is 18.3 Å². The van der Waals surface area contributed by atoms with E-state index in [2.05, 4.69) is 20.1 Å². The van der Waals surface area contributed by atoms with Gasteiger partial charge in [-0.3, -0.25) is 14.1 Å². The second-order valence-corrected chi connectivity index (χ2v) is 10.5. The number of aryl methyl sites for hydroxylation is 1. The molecule has 0 spiro atoms. The van der Waals surface area contributed by atoms with Crippen molar-refractivity contribution < 1.29 is 9.53 Å². The lowest BCUT2D eigenvalue weighted by Crippen LogP contribution is -2.36. The highest BCUT2D eigenvalue weighted by atomic mass is 16.6. The number of carbonyl (C=O) groups is 1. The Morgan fingerprint density at radius 1 is 1.08 bits per heavy atom. The van der Waals surface area contributed by atoms with Crippen LogP contribution in [0.1, 0.15) is 33.2 Å². The number of pyridine rings is 2. The number of fused-ring (bicyclic) bond motifs is 3. The zero-order chi connectivity index (χ0) is 26.6. The standard InChI is InChI=1S/C27H28N8O3/c1-27(2,3)38-26(37)33-10-9-19(14-33)35-24-20-11-17(5-7-21(20)29-13-22(24)32(4)25(35)36)18-6-8-23(30-12-18)34-16-28-15-31-34/h5-8,11-13,15-16,19H,9-10,14H2,1-4H3/t19-/m0/s1. The molecule has 0 unspecified atom stereocenters. The van der Waals surface area contributed by atoms with Gasteiger partial charge in [0.15, 0.2) is 5.82 Å². The van der Waals surface area contributed by atoms with E-state index in [1.165, 1.54) is 6.33 Å². The topological polar surface area (TPSA) is 113 Å². The fourth-order valence-corrected chi connectivity index (χ4v) is 5.01. The van der Waals surface area contributed by atoms with Gasteiger partial charge < -0.3 is 9.64 Å². The third-order valence-corrected chi connectivity index (χ3v) is 6.83. The number of ether oxygens (including phenoxy) is 1. The van der Waals surface area contributed by atoms with Gasteiger partial charge in [-0.2, -0.15) is 5.10 Å². The van der Waals surface area contributed by atoms with Crippen LogP contribution in [0.3, 0.4) is 0 Å². The molecule has 0 aliphatic carbocycles. The number of carbonyl (C=O) groups excluding carboxylic acids is 1. The lowest BCUT2D eigenvalue weighted by Gasteiger charge is -2.24. The number of nitrogens with zero attached hydrogens (tertiary/aromatic N) is 8. The molecule has 4 aromatic heterocycles. The Morgan fingerprint density at radius 2 is 1.89 bits per heavy atom. The molecule has 1 aromatic carbocycles. The highest BCUT2D eigenvalue weighted by Gasteiger charge is 2.33. The number of benzene rings is 1. The molecule has 11 nitrogen and oxygen atoms in total. The van der Waals surface area contributed by atoms with Crippen LogP contribution in [0.4, 0.5) is 4.79 Å². The van der Waals surface area contributed by atoms with Gasteiger partial charge in [0.05, 0.1) is 28.8 Å². The van der Waals surface area contributed by atoms with Crippen LogP contribution in [0.15, 0.2) is 60.2 Å². The summed E-state index contributed by atoms with van der Waals surface area (Å²) in [7, 11) is 1.76. The first-order valence-electron chi connectivity index (χ1n) is 12.5. The van der Waals surface area contributed by atoms with E-state index in [0.717, 1.165) is 33.1 Å². The molecule has 0 bridgehead atoms. The van der Waals surface area contributed by atoms with Crippen LogP contribution in [0.2, 0.25) is 0 Å². The molecule has 0 radical (unpaired) electrons. The first-order valence-corrected chi connectivity index (χ1v) is 12.5. The first kappa shape index (κ1) is 23.8. The maximum atomic E-state index is 13.5. The summed E-state index contributed by atoms with van der Waals surface area (Å²) >= 11 is 0. The van der Waals surface area contributed by atoms with Gasteiger partial charge in [-0.1, -0.05) is 6.07 Å². The lowest BCUT2D eigenvalue weighted by atomic mass is 10.0. The van der Waals surface area contributed by atoms with E-state index in [1.807, 2.05) is 55.7 Å². The van der Waals surface area contributed by atoms with Crippen LogP contribution in [-0.4, -0.2) is 63.6 Å². The smallest absolute Gasteiger partial charge is 0.410 e. The molecule has 0 saturated carbocycles. The molecule has 5 aromatic rings. The quantitative estimate of drug-likeness (QED) is 0.362. The minimum absolute atomic E-state index is 0.130. The SMILES string of the molecule is Cn1c(=O)n([C@H]2CCN(C(=O)OC(C)(C)C)C2)c2c3cc(-c4ccc(-n5cncn5)nc4)ccc3ncc21. The third-order valence-electron chi connectivity index (χ3n) is 6.83. The Morgan fingerprint density at radius 3 is 2.61 bits per heavy atom. The highest BCUT2D eigenvalue weighted by Crippen LogP contribution is 2.32. The molecule has 0 N–H and O–H groups in total. The number of hydrogen-bond donors (Lipinski definition) is 0. The summed E-state index contributed by atoms with van der Waals surface area (Å²) in [6.07, 6.45) is 6.90. The van der Waals surface area contributed by atoms with E-state index >= 15 is 0 Å². The lowest BCUT2D eigenvalue weighted by molar-refractivity contribution is 0.0289. The number of rotatable bonds is 3. The molecule has 6 rings (SSSR count). The molecule has 11 heteroatoms. The summed E-state index contributed by atoms with van der Waals surface area (Å²) in [5, 5.41) is 4.99. The van der Waals surface area contributed by atoms with E-state index < -0.39 is 5.60 Å². The van der Waals surface area contributed by atoms with Crippen molar-refractivity contribution >= 4 is 28.0 Å². The van der Waals surface area contributed by atoms with Gasteiger partial charge in [0.2, 0.25) is 0 Å². The van der Waals surface area contributed by atoms with Crippen LogP contribution in [-0.2, 0) is 11.8 Å². The fourth-order valence-electron chi connectivity index (χ4n) is 5.01. The molecule has 1 atom stereocenters. The minimum Gasteiger partial charge on any atom is -0.444 e. The first-order chi connectivity index (χ1) is 18.2. The molecule has 194 valence electrons. The van der Waals surface area contributed by atoms with Crippen molar-refractivity contribution in [1.82, 2.24) is 38.8 Å². The van der Waals surface area contributed by atoms with E-state index in [9.17, 15) is 9.59 Å². The van der Waals surface area contributed by atoms with Crippen LogP contribution in [0.25, 0.3) is 38.9 Å². The Kier molecular flexibility index (Phi) is 5.51. The summed E-state index contributed by atoms with van der Waals surface area (Å²) in [5.41, 5.74) is 3.52. The zero-order valence-corrected chi connectivity index (χ0v) is 21.7. The van der Waals surface area contributed by atoms with Crippen molar-refractivity contribution in [3.8, 4) is 16.9 Å². The van der Waals surface area contributed by atoms with Crippen molar-refractivity contribution in [2.75, 3.05) is 13.1 Å². The van der Waals surface area contributed by atoms with Gasteiger partial charge >= 0.3 is 11.8 Å². The Balaban J connectivity index is 1.41. The second-order valence-electron chi connectivity index (χ2n) is 10.5. The van der Waals surface area contributed by atoms with Crippen molar-refractivity contribution in [1.29, 1.82) is 0 Å². The van der Waals surface area contributed by atoms with Crippen LogP contribution < -0.4 is 5.69 Å². The molecule has 1 saturated heterocycles. The Bertz CT molecular complexity index is 1710. The summed E-state index contributed by atoms with van der Waals surface area (Å²) in [6, 6.07) is 9.70. The fraction of sp³-hybridized carbons (Fsp3) is 0.333. The molecule has 1 amide bonds. The number of amides is 1. The molecule has 5 heterocycles. The van der Waals surface area contributed by atoms with Crippen molar-refractivity contribution in [2.24, 2.45) is 7.05 Å². The predicted octanol–water partition coefficient (Wildman–Crippen LogP) is 3.71. The Labute approximate surface area is 218 Å². The zero-order valence-electron chi connectivity index (χ0n) is 21.7. The number of aromatic nitrogens is 7. The summed E-state index contributed by atoms with van der Waals surface area (Å²) in [5.74, 6) is 0.670. The van der Waals surface area contributed by atoms with Gasteiger partial charge in [-0.05, 0) is 57.0 Å². The molecule has 38 heavy (non-hydrogen) atoms. The number of imidazole rings is 1. The summed E-state index contributed by atoms with van der Waals surface area (Å²) in [4.78, 5) is 41.0. The minimum atomic E-state index is -0.577. The molecule has 1 aliphatic rings. The van der Waals surface area contributed by atoms with Crippen molar-refractivity contribution in [3.63, 3.8) is 0 Å². The third kappa shape index (κ3) is 4.09. The second kappa shape index (κ2) is 8.79. The van der Waals surface area contributed by atoms with Gasteiger partial charge in [-0.15, -0.1) is 0 Å². The summed E-state index contributed by atoms with van der Waals surface area (Å²) < 4.78 is 10.6. The Hall–Kier alpha value is -4.54. The molecular formula is C27H28N8O3. The molecule has 1 aliphatic heterocycles. The van der Waals surface area contributed by atoms with E-state index in [4.69, 9.17) is 4.74 Å². The number of hydrogen-bond acceptors (Lipinski definition) is 7. The molecular weight excluding hydrogens is 484 g/mol. The maximum Gasteiger partial charge on any atom is 0.410 e.